The van der Waals surface area contributed by atoms with E-state index in [1.807, 2.05) is 36.3 Å². The van der Waals surface area contributed by atoms with Crippen LogP contribution in [0.25, 0.3) is 10.8 Å². The van der Waals surface area contributed by atoms with Gasteiger partial charge in [0.1, 0.15) is 0 Å². The molecule has 1 fully saturated rings. The molecule has 1 aliphatic rings. The van der Waals surface area contributed by atoms with Crippen LogP contribution in [0.5, 0.6) is 0 Å². The van der Waals surface area contributed by atoms with Gasteiger partial charge in [-0.3, -0.25) is 4.98 Å². The molecule has 1 saturated heterocycles. The summed E-state index contributed by atoms with van der Waals surface area (Å²) in [6, 6.07) is 6.28. The predicted molar refractivity (Wildman–Crippen MR) is 87.7 cm³/mol. The summed E-state index contributed by atoms with van der Waals surface area (Å²) in [6.45, 7) is 5.87. The summed E-state index contributed by atoms with van der Waals surface area (Å²) in [5.41, 5.74) is 0. The number of hydrogen-bond acceptors (Lipinski definition) is 3. The molecular weight excluding hydrogens is 288 g/mol. The van der Waals surface area contributed by atoms with Crippen LogP contribution >= 0.6 is 23.4 Å². The number of nitrogens with zero attached hydrogens (tertiary/aromatic N) is 2. The molecule has 1 aromatic heterocycles. The first-order chi connectivity index (χ1) is 9.76. The molecule has 1 aromatic carbocycles. The minimum atomic E-state index is 0.665. The van der Waals surface area contributed by atoms with E-state index in [0.717, 1.165) is 10.4 Å². The van der Waals surface area contributed by atoms with E-state index in [2.05, 4.69) is 22.9 Å². The van der Waals surface area contributed by atoms with Gasteiger partial charge in [-0.25, -0.2) is 0 Å². The molecule has 0 amide bonds. The molecule has 0 bridgehead atoms. The highest BCUT2D eigenvalue weighted by Crippen LogP contribution is 2.36. The summed E-state index contributed by atoms with van der Waals surface area (Å²) in [5, 5.41) is 3.85. The number of halogens is 1. The van der Waals surface area contributed by atoms with Crippen molar-refractivity contribution in [2.24, 2.45) is 0 Å². The van der Waals surface area contributed by atoms with E-state index >= 15 is 0 Å². The standard InChI is InChI=1S/C16H19ClN2S/c1-2-6-19-7-4-14(11-19)20-16-9-12-3-5-18-10-13(12)8-15(16)17/h3,5,8-10,14H,2,4,6-7,11H2,1H3/t14-/m0/s1. The zero-order valence-corrected chi connectivity index (χ0v) is 13.3. The monoisotopic (exact) mass is 306 g/mol. The Balaban J connectivity index is 1.76. The number of rotatable bonds is 4. The molecule has 106 valence electrons. The van der Waals surface area contributed by atoms with Crippen LogP contribution in [0.4, 0.5) is 0 Å². The Kier molecular flexibility index (Phi) is 4.49. The smallest absolute Gasteiger partial charge is 0.0548 e. The Hall–Kier alpha value is -0.770. The number of hydrogen-bond donors (Lipinski definition) is 0. The molecule has 0 aliphatic carbocycles. The Morgan fingerprint density at radius 3 is 3.15 bits per heavy atom. The lowest BCUT2D eigenvalue weighted by Gasteiger charge is -2.15. The van der Waals surface area contributed by atoms with E-state index in [-0.39, 0.29) is 0 Å². The van der Waals surface area contributed by atoms with Crippen LogP contribution < -0.4 is 0 Å². The molecule has 1 atom stereocenters. The zero-order valence-electron chi connectivity index (χ0n) is 11.7. The van der Waals surface area contributed by atoms with Crippen molar-refractivity contribution in [1.29, 1.82) is 0 Å². The molecular formula is C16H19ClN2S. The number of likely N-dealkylation sites (tertiary alicyclic amines) is 1. The van der Waals surface area contributed by atoms with Crippen molar-refractivity contribution in [3.8, 4) is 0 Å². The zero-order chi connectivity index (χ0) is 13.9. The van der Waals surface area contributed by atoms with E-state index < -0.39 is 0 Å². The van der Waals surface area contributed by atoms with Gasteiger partial charge in [0.15, 0.2) is 0 Å². The third kappa shape index (κ3) is 3.11. The van der Waals surface area contributed by atoms with Crippen molar-refractivity contribution in [1.82, 2.24) is 9.88 Å². The number of benzene rings is 1. The lowest BCUT2D eigenvalue weighted by Crippen LogP contribution is -2.21. The van der Waals surface area contributed by atoms with Gasteiger partial charge in [0.25, 0.3) is 0 Å². The Labute approximate surface area is 129 Å². The van der Waals surface area contributed by atoms with Gasteiger partial charge < -0.3 is 4.90 Å². The second-order valence-corrected chi connectivity index (χ2v) is 7.08. The molecule has 1 aliphatic heterocycles. The normalized spacial score (nSPS) is 19.8. The van der Waals surface area contributed by atoms with Crippen LogP contribution in [0.15, 0.2) is 35.5 Å². The van der Waals surface area contributed by atoms with E-state index in [4.69, 9.17) is 11.6 Å². The molecule has 3 rings (SSSR count). The molecule has 20 heavy (non-hydrogen) atoms. The maximum absolute atomic E-state index is 6.42. The summed E-state index contributed by atoms with van der Waals surface area (Å²) >= 11 is 8.35. The lowest BCUT2D eigenvalue weighted by molar-refractivity contribution is 0.340. The first-order valence-corrected chi connectivity index (χ1v) is 8.44. The fraction of sp³-hybridized carbons (Fsp3) is 0.438. The van der Waals surface area contributed by atoms with Gasteiger partial charge in [0, 0.05) is 34.5 Å². The minimum absolute atomic E-state index is 0.665. The number of fused-ring (bicyclic) bond motifs is 1. The van der Waals surface area contributed by atoms with Gasteiger partial charge >= 0.3 is 0 Å². The largest absolute Gasteiger partial charge is 0.302 e. The lowest BCUT2D eigenvalue weighted by atomic mass is 10.2. The Morgan fingerprint density at radius 2 is 2.30 bits per heavy atom. The summed E-state index contributed by atoms with van der Waals surface area (Å²) in [4.78, 5) is 7.90. The van der Waals surface area contributed by atoms with Crippen molar-refractivity contribution in [3.63, 3.8) is 0 Å². The summed E-state index contributed by atoms with van der Waals surface area (Å²) < 4.78 is 0. The van der Waals surface area contributed by atoms with Crippen LogP contribution in [0, 0.1) is 0 Å². The highest BCUT2D eigenvalue weighted by Gasteiger charge is 2.23. The SMILES string of the molecule is CCCN1CC[C@H](Sc2cc3ccncc3cc2Cl)C1. The second-order valence-electron chi connectivity index (χ2n) is 5.33. The second kappa shape index (κ2) is 6.33. The van der Waals surface area contributed by atoms with E-state index in [1.54, 1.807) is 0 Å². The predicted octanol–water partition coefficient (Wildman–Crippen LogP) is 4.46. The van der Waals surface area contributed by atoms with Crippen LogP contribution in [0.1, 0.15) is 19.8 Å². The van der Waals surface area contributed by atoms with Gasteiger partial charge in [-0.1, -0.05) is 18.5 Å². The van der Waals surface area contributed by atoms with Crippen molar-refractivity contribution >= 4 is 34.1 Å². The topological polar surface area (TPSA) is 16.1 Å². The third-order valence-corrected chi connectivity index (χ3v) is 5.49. The molecule has 0 saturated carbocycles. The van der Waals surface area contributed by atoms with Crippen molar-refractivity contribution in [2.75, 3.05) is 19.6 Å². The maximum Gasteiger partial charge on any atom is 0.0548 e. The van der Waals surface area contributed by atoms with Crippen molar-refractivity contribution < 1.29 is 0 Å². The highest BCUT2D eigenvalue weighted by molar-refractivity contribution is 8.00. The van der Waals surface area contributed by atoms with Crippen molar-refractivity contribution in [2.45, 2.75) is 29.9 Å². The molecule has 4 heteroatoms. The van der Waals surface area contributed by atoms with Crippen molar-refractivity contribution in [3.05, 3.63) is 35.6 Å². The van der Waals surface area contributed by atoms with Gasteiger partial charge in [0.05, 0.1) is 5.02 Å². The van der Waals surface area contributed by atoms with Crippen LogP contribution in [0.2, 0.25) is 5.02 Å². The van der Waals surface area contributed by atoms with E-state index in [1.165, 1.54) is 42.8 Å². The molecule has 0 radical (unpaired) electrons. The number of thioether (sulfide) groups is 1. The molecule has 0 N–H and O–H groups in total. The van der Waals surface area contributed by atoms with Gasteiger partial charge in [-0.05, 0) is 49.5 Å². The summed E-state index contributed by atoms with van der Waals surface area (Å²) in [5.74, 6) is 0. The highest BCUT2D eigenvalue weighted by atomic mass is 35.5. The molecule has 0 spiro atoms. The van der Waals surface area contributed by atoms with Crippen LogP contribution in [-0.2, 0) is 0 Å². The first kappa shape index (κ1) is 14.2. The van der Waals surface area contributed by atoms with Gasteiger partial charge in [0.2, 0.25) is 0 Å². The van der Waals surface area contributed by atoms with Crippen LogP contribution in [-0.4, -0.2) is 34.8 Å². The fourth-order valence-corrected chi connectivity index (χ4v) is 4.31. The number of pyridine rings is 1. The average molecular weight is 307 g/mol. The van der Waals surface area contributed by atoms with Crippen LogP contribution in [0.3, 0.4) is 0 Å². The minimum Gasteiger partial charge on any atom is -0.302 e. The van der Waals surface area contributed by atoms with E-state index in [9.17, 15) is 0 Å². The number of aromatic nitrogens is 1. The van der Waals surface area contributed by atoms with E-state index in [0.29, 0.717) is 5.25 Å². The summed E-state index contributed by atoms with van der Waals surface area (Å²) in [6.07, 6.45) is 6.20. The average Bonchev–Trinajstić information content (AvgIpc) is 2.87. The van der Waals surface area contributed by atoms with Gasteiger partial charge in [-0.15, -0.1) is 11.8 Å². The molecule has 2 heterocycles. The summed E-state index contributed by atoms with van der Waals surface area (Å²) in [7, 11) is 0. The molecule has 2 aromatic rings. The maximum atomic E-state index is 6.42. The Morgan fingerprint density at radius 1 is 1.40 bits per heavy atom. The Bertz CT molecular complexity index is 602. The molecule has 0 unspecified atom stereocenters. The fourth-order valence-electron chi connectivity index (χ4n) is 2.77. The first-order valence-electron chi connectivity index (χ1n) is 7.18. The quantitative estimate of drug-likeness (QED) is 0.829. The third-order valence-electron chi connectivity index (χ3n) is 3.75. The molecule has 2 nitrogen and oxygen atoms in total. The van der Waals surface area contributed by atoms with Gasteiger partial charge in [-0.2, -0.15) is 0 Å².